The average molecular weight is 423 g/mol. The number of amides is 1. The number of aromatic amines is 1. The minimum atomic E-state index is -0.572. The second-order valence-corrected chi connectivity index (χ2v) is 6.60. The standard InChI is InChI=1S/C17H13BrClN3O3/c1-9-6-12-14(7-13(9)18)20-17(24)16(12)22-21-15(23)8-25-11-4-2-10(19)3-5-11/h2-7,20,24H,8H2,1H3. The van der Waals surface area contributed by atoms with Crippen molar-refractivity contribution in [2.24, 2.45) is 10.2 Å². The molecule has 0 atom stereocenters. The molecule has 6 nitrogen and oxygen atoms in total. The van der Waals surface area contributed by atoms with Crippen molar-refractivity contribution in [1.82, 2.24) is 4.98 Å². The number of fused-ring (bicyclic) bond motifs is 1. The van der Waals surface area contributed by atoms with E-state index in [2.05, 4.69) is 31.1 Å². The van der Waals surface area contributed by atoms with E-state index in [1.807, 2.05) is 19.1 Å². The number of nitrogens with zero attached hydrogens (tertiary/aromatic N) is 2. The summed E-state index contributed by atoms with van der Waals surface area (Å²) < 4.78 is 6.21. The maximum absolute atomic E-state index is 11.8. The van der Waals surface area contributed by atoms with Crippen LogP contribution in [-0.4, -0.2) is 22.6 Å². The Hall–Kier alpha value is -2.38. The molecular formula is C17H13BrClN3O3. The third-order valence-corrected chi connectivity index (χ3v) is 4.58. The molecular weight excluding hydrogens is 410 g/mol. The van der Waals surface area contributed by atoms with Crippen LogP contribution in [-0.2, 0) is 4.79 Å². The van der Waals surface area contributed by atoms with Crippen LogP contribution in [0.15, 0.2) is 51.1 Å². The van der Waals surface area contributed by atoms with Crippen LogP contribution in [0.2, 0.25) is 5.02 Å². The lowest BCUT2D eigenvalue weighted by Gasteiger charge is -2.02. The van der Waals surface area contributed by atoms with Crippen molar-refractivity contribution in [3.05, 3.63) is 51.5 Å². The first-order valence-electron chi connectivity index (χ1n) is 7.28. The molecule has 2 N–H and O–H groups in total. The van der Waals surface area contributed by atoms with Crippen LogP contribution in [0.5, 0.6) is 11.6 Å². The second-order valence-electron chi connectivity index (χ2n) is 5.31. The van der Waals surface area contributed by atoms with E-state index >= 15 is 0 Å². The van der Waals surface area contributed by atoms with Crippen molar-refractivity contribution in [1.29, 1.82) is 0 Å². The van der Waals surface area contributed by atoms with Gasteiger partial charge in [0, 0.05) is 14.9 Å². The Morgan fingerprint density at radius 2 is 2.04 bits per heavy atom. The Labute approximate surface area is 156 Å². The molecule has 0 fully saturated rings. The molecule has 1 amide bonds. The molecule has 25 heavy (non-hydrogen) atoms. The topological polar surface area (TPSA) is 87.0 Å². The van der Waals surface area contributed by atoms with E-state index in [4.69, 9.17) is 16.3 Å². The number of rotatable bonds is 4. The summed E-state index contributed by atoms with van der Waals surface area (Å²) in [6.07, 6.45) is 0. The van der Waals surface area contributed by atoms with Crippen LogP contribution in [0, 0.1) is 6.92 Å². The van der Waals surface area contributed by atoms with Gasteiger partial charge in [0.05, 0.1) is 5.52 Å². The summed E-state index contributed by atoms with van der Waals surface area (Å²) in [4.78, 5) is 14.6. The highest BCUT2D eigenvalue weighted by Crippen LogP contribution is 2.37. The number of aromatic hydroxyl groups is 1. The molecule has 1 heterocycles. The number of benzene rings is 2. The lowest BCUT2D eigenvalue weighted by Crippen LogP contribution is -2.07. The van der Waals surface area contributed by atoms with Crippen LogP contribution in [0.4, 0.5) is 5.69 Å². The van der Waals surface area contributed by atoms with Crippen LogP contribution in [0.3, 0.4) is 0 Å². The summed E-state index contributed by atoms with van der Waals surface area (Å²) in [5, 5.41) is 18.7. The van der Waals surface area contributed by atoms with Gasteiger partial charge in [0.1, 0.15) is 5.75 Å². The first-order valence-corrected chi connectivity index (χ1v) is 8.45. The lowest BCUT2D eigenvalue weighted by molar-refractivity contribution is -0.120. The van der Waals surface area contributed by atoms with Crippen molar-refractivity contribution >= 4 is 50.0 Å². The monoisotopic (exact) mass is 421 g/mol. The lowest BCUT2D eigenvalue weighted by atomic mass is 10.1. The van der Waals surface area contributed by atoms with Gasteiger partial charge in [-0.25, -0.2) is 0 Å². The summed E-state index contributed by atoms with van der Waals surface area (Å²) in [6, 6.07) is 10.3. The zero-order chi connectivity index (χ0) is 18.0. The van der Waals surface area contributed by atoms with Gasteiger partial charge in [0.15, 0.2) is 12.3 Å². The van der Waals surface area contributed by atoms with E-state index in [0.717, 1.165) is 10.0 Å². The fraction of sp³-hybridized carbons (Fsp3) is 0.118. The van der Waals surface area contributed by atoms with Crippen molar-refractivity contribution in [3.63, 3.8) is 0 Å². The predicted molar refractivity (Wildman–Crippen MR) is 98.9 cm³/mol. The van der Waals surface area contributed by atoms with Gasteiger partial charge < -0.3 is 14.8 Å². The van der Waals surface area contributed by atoms with Crippen LogP contribution < -0.4 is 4.74 Å². The Bertz CT molecular complexity index is 967. The highest BCUT2D eigenvalue weighted by molar-refractivity contribution is 9.10. The zero-order valence-electron chi connectivity index (χ0n) is 13.1. The van der Waals surface area contributed by atoms with Crippen molar-refractivity contribution in [2.75, 3.05) is 6.61 Å². The molecule has 128 valence electrons. The summed E-state index contributed by atoms with van der Waals surface area (Å²) >= 11 is 9.20. The molecule has 0 saturated carbocycles. The highest BCUT2D eigenvalue weighted by atomic mass is 79.9. The molecule has 0 spiro atoms. The highest BCUT2D eigenvalue weighted by Gasteiger charge is 2.13. The van der Waals surface area contributed by atoms with E-state index in [-0.39, 0.29) is 18.2 Å². The molecule has 1 aromatic heterocycles. The number of nitrogens with one attached hydrogen (secondary N) is 1. The number of aromatic nitrogens is 1. The fourth-order valence-electron chi connectivity index (χ4n) is 2.21. The number of azo groups is 1. The molecule has 0 aliphatic carbocycles. The number of halogens is 2. The third-order valence-electron chi connectivity index (χ3n) is 3.47. The number of hydrogen-bond donors (Lipinski definition) is 2. The van der Waals surface area contributed by atoms with Gasteiger partial charge in [-0.15, -0.1) is 10.2 Å². The summed E-state index contributed by atoms with van der Waals surface area (Å²) in [7, 11) is 0. The van der Waals surface area contributed by atoms with E-state index in [1.54, 1.807) is 24.3 Å². The predicted octanol–water partition coefficient (Wildman–Crippen LogP) is 5.29. The number of hydrogen-bond acceptors (Lipinski definition) is 4. The molecule has 3 rings (SSSR count). The first-order chi connectivity index (χ1) is 11.9. The smallest absolute Gasteiger partial charge is 0.302 e. The second kappa shape index (κ2) is 7.25. The molecule has 3 aromatic rings. The van der Waals surface area contributed by atoms with Crippen molar-refractivity contribution < 1.29 is 14.6 Å². The number of aryl methyl sites for hydroxylation is 1. The summed E-state index contributed by atoms with van der Waals surface area (Å²) in [6.45, 7) is 1.65. The van der Waals surface area contributed by atoms with Crippen molar-refractivity contribution in [2.45, 2.75) is 6.92 Å². The minimum Gasteiger partial charge on any atom is -0.493 e. The quantitative estimate of drug-likeness (QED) is 0.560. The molecule has 0 saturated heterocycles. The van der Waals surface area contributed by atoms with Gasteiger partial charge in [-0.1, -0.05) is 27.5 Å². The van der Waals surface area contributed by atoms with E-state index in [0.29, 0.717) is 21.7 Å². The van der Waals surface area contributed by atoms with E-state index in [1.165, 1.54) is 0 Å². The molecule has 0 aliphatic rings. The number of carbonyl (C=O) groups is 1. The van der Waals surface area contributed by atoms with Gasteiger partial charge >= 0.3 is 5.91 Å². The fourth-order valence-corrected chi connectivity index (χ4v) is 2.68. The molecule has 0 aliphatic heterocycles. The number of carbonyl (C=O) groups excluding carboxylic acids is 1. The zero-order valence-corrected chi connectivity index (χ0v) is 15.4. The number of H-pyrrole nitrogens is 1. The molecule has 2 aromatic carbocycles. The van der Waals surface area contributed by atoms with E-state index in [9.17, 15) is 9.90 Å². The first kappa shape index (κ1) is 17.4. The maximum atomic E-state index is 11.8. The van der Waals surface area contributed by atoms with Crippen LogP contribution in [0.25, 0.3) is 10.9 Å². The normalized spacial score (nSPS) is 11.3. The molecule has 0 bridgehead atoms. The molecule has 8 heteroatoms. The minimum absolute atomic E-state index is 0.150. The Morgan fingerprint density at radius 1 is 1.32 bits per heavy atom. The van der Waals surface area contributed by atoms with Crippen LogP contribution in [0.1, 0.15) is 5.56 Å². The summed E-state index contributed by atoms with van der Waals surface area (Å²) in [5.41, 5.74) is 1.87. The number of ether oxygens (including phenoxy) is 1. The van der Waals surface area contributed by atoms with Crippen LogP contribution >= 0.6 is 27.5 Å². The SMILES string of the molecule is Cc1cc2c(N=NC(=O)COc3ccc(Cl)cc3)c(O)[nH]c2cc1Br. The van der Waals surface area contributed by atoms with Gasteiger partial charge in [0.25, 0.3) is 0 Å². The molecule has 0 radical (unpaired) electrons. The average Bonchev–Trinajstić information content (AvgIpc) is 2.87. The van der Waals surface area contributed by atoms with Gasteiger partial charge in [-0.3, -0.25) is 4.79 Å². The molecule has 0 unspecified atom stereocenters. The maximum Gasteiger partial charge on any atom is 0.302 e. The van der Waals surface area contributed by atoms with Crippen molar-refractivity contribution in [3.8, 4) is 11.6 Å². The Morgan fingerprint density at radius 3 is 2.76 bits per heavy atom. The van der Waals surface area contributed by atoms with Gasteiger partial charge in [0.2, 0.25) is 5.88 Å². The Balaban J connectivity index is 1.74. The van der Waals surface area contributed by atoms with Gasteiger partial charge in [-0.05, 0) is 48.9 Å². The third kappa shape index (κ3) is 4.00. The van der Waals surface area contributed by atoms with Gasteiger partial charge in [-0.2, -0.15) is 0 Å². The Kier molecular flexibility index (Phi) is 5.06. The van der Waals surface area contributed by atoms with E-state index < -0.39 is 5.91 Å². The largest absolute Gasteiger partial charge is 0.493 e. The summed E-state index contributed by atoms with van der Waals surface area (Å²) in [5.74, 6) is -0.219.